The Balaban J connectivity index is 1.84. The van der Waals surface area contributed by atoms with Gasteiger partial charge in [0, 0.05) is 12.0 Å². The molecule has 1 aromatic rings. The predicted molar refractivity (Wildman–Crippen MR) is 89.1 cm³/mol. The van der Waals surface area contributed by atoms with Gasteiger partial charge in [0.15, 0.2) is 0 Å². The Bertz CT molecular complexity index is 532. The van der Waals surface area contributed by atoms with Gasteiger partial charge in [0.05, 0.1) is 19.3 Å². The molecule has 2 aliphatic rings. The van der Waals surface area contributed by atoms with Crippen LogP contribution in [0.1, 0.15) is 42.1 Å². The van der Waals surface area contributed by atoms with Crippen LogP contribution < -0.4 is 0 Å². The third kappa shape index (κ3) is 2.85. The molecule has 1 atom stereocenters. The Kier molecular flexibility index (Phi) is 4.67. The minimum absolute atomic E-state index is 0.206. The molecular formula is C19H27NO2. The van der Waals surface area contributed by atoms with Crippen LogP contribution in [0.2, 0.25) is 0 Å². The van der Waals surface area contributed by atoms with E-state index in [9.17, 15) is 0 Å². The summed E-state index contributed by atoms with van der Waals surface area (Å²) in [5, 5.41) is 9.13. The van der Waals surface area contributed by atoms with Gasteiger partial charge in [-0.25, -0.2) is 0 Å². The zero-order chi connectivity index (χ0) is 15.6. The summed E-state index contributed by atoms with van der Waals surface area (Å²) >= 11 is 0. The Morgan fingerprint density at radius 3 is 2.86 bits per heavy atom. The predicted octanol–water partition coefficient (Wildman–Crippen LogP) is 2.97. The Morgan fingerprint density at radius 1 is 1.41 bits per heavy atom. The molecule has 1 aliphatic heterocycles. The van der Waals surface area contributed by atoms with Crippen molar-refractivity contribution in [1.29, 1.82) is 0 Å². The van der Waals surface area contributed by atoms with Crippen molar-refractivity contribution >= 4 is 0 Å². The zero-order valence-corrected chi connectivity index (χ0v) is 13.6. The number of aryl methyl sites for hydroxylation is 1. The lowest BCUT2D eigenvalue weighted by molar-refractivity contribution is 0.0473. The SMILES string of the molecule is C=CCOC1CC2(CCN(CCO)CC2)c2ccc(C)cc21. The average Bonchev–Trinajstić information content (AvgIpc) is 2.81. The number of hydrogen-bond donors (Lipinski definition) is 1. The molecule has 22 heavy (non-hydrogen) atoms. The minimum atomic E-state index is 0.206. The number of fused-ring (bicyclic) bond motifs is 2. The van der Waals surface area contributed by atoms with E-state index >= 15 is 0 Å². The largest absolute Gasteiger partial charge is 0.395 e. The molecule has 1 unspecified atom stereocenters. The van der Waals surface area contributed by atoms with Crippen LogP contribution in [0.5, 0.6) is 0 Å². The van der Waals surface area contributed by atoms with Crippen LogP contribution >= 0.6 is 0 Å². The van der Waals surface area contributed by atoms with E-state index in [-0.39, 0.29) is 18.1 Å². The van der Waals surface area contributed by atoms with Crippen molar-refractivity contribution in [2.24, 2.45) is 0 Å². The van der Waals surface area contributed by atoms with Crippen molar-refractivity contribution in [3.63, 3.8) is 0 Å². The van der Waals surface area contributed by atoms with Gasteiger partial charge in [-0.15, -0.1) is 6.58 Å². The summed E-state index contributed by atoms with van der Waals surface area (Å²) < 4.78 is 6.06. The lowest BCUT2D eigenvalue weighted by Crippen LogP contribution is -2.42. The summed E-state index contributed by atoms with van der Waals surface area (Å²) in [6.45, 7) is 9.74. The summed E-state index contributed by atoms with van der Waals surface area (Å²) in [5.41, 5.74) is 4.45. The van der Waals surface area contributed by atoms with Crippen molar-refractivity contribution in [3.05, 3.63) is 47.5 Å². The molecule has 3 nitrogen and oxygen atoms in total. The van der Waals surface area contributed by atoms with Gasteiger partial charge in [0.25, 0.3) is 0 Å². The van der Waals surface area contributed by atoms with Crippen LogP contribution in [-0.4, -0.2) is 42.9 Å². The smallest absolute Gasteiger partial charge is 0.0840 e. The molecule has 0 amide bonds. The maximum absolute atomic E-state index is 9.13. The van der Waals surface area contributed by atoms with E-state index in [0.717, 1.165) is 38.9 Å². The zero-order valence-electron chi connectivity index (χ0n) is 13.6. The van der Waals surface area contributed by atoms with Crippen LogP contribution in [-0.2, 0) is 10.2 Å². The van der Waals surface area contributed by atoms with Crippen LogP contribution in [0.3, 0.4) is 0 Å². The van der Waals surface area contributed by atoms with Gasteiger partial charge in [0.2, 0.25) is 0 Å². The highest BCUT2D eigenvalue weighted by molar-refractivity contribution is 5.44. The van der Waals surface area contributed by atoms with Crippen LogP contribution in [0, 0.1) is 6.92 Å². The number of aliphatic hydroxyl groups is 1. The number of nitrogens with zero attached hydrogens (tertiary/aromatic N) is 1. The average molecular weight is 301 g/mol. The third-order valence-electron chi connectivity index (χ3n) is 5.35. The molecule has 0 aromatic heterocycles. The summed E-state index contributed by atoms with van der Waals surface area (Å²) in [6.07, 6.45) is 5.46. The Labute approximate surface area is 133 Å². The van der Waals surface area contributed by atoms with Crippen molar-refractivity contribution in [2.75, 3.05) is 32.8 Å². The molecule has 3 rings (SSSR count). The molecule has 1 heterocycles. The lowest BCUT2D eigenvalue weighted by atomic mass is 9.73. The quantitative estimate of drug-likeness (QED) is 0.849. The summed E-state index contributed by atoms with van der Waals surface area (Å²) in [5.74, 6) is 0. The van der Waals surface area contributed by atoms with E-state index in [1.54, 1.807) is 0 Å². The molecular weight excluding hydrogens is 274 g/mol. The van der Waals surface area contributed by atoms with Crippen LogP contribution in [0.15, 0.2) is 30.9 Å². The Morgan fingerprint density at radius 2 is 2.18 bits per heavy atom. The monoisotopic (exact) mass is 301 g/mol. The lowest BCUT2D eigenvalue weighted by Gasteiger charge is -2.40. The van der Waals surface area contributed by atoms with E-state index in [1.165, 1.54) is 16.7 Å². The van der Waals surface area contributed by atoms with E-state index in [2.05, 4.69) is 36.6 Å². The van der Waals surface area contributed by atoms with E-state index in [4.69, 9.17) is 9.84 Å². The number of ether oxygens (including phenoxy) is 1. The number of β-amino-alcohol motifs (C(OH)–C–C–N with tert-alkyl or cyclic N) is 1. The highest BCUT2D eigenvalue weighted by Crippen LogP contribution is 2.52. The second kappa shape index (κ2) is 6.53. The number of likely N-dealkylation sites (tertiary alicyclic amines) is 1. The number of piperidine rings is 1. The van der Waals surface area contributed by atoms with E-state index in [1.807, 2.05) is 6.08 Å². The first-order valence-corrected chi connectivity index (χ1v) is 8.35. The summed E-state index contributed by atoms with van der Waals surface area (Å²) in [6, 6.07) is 6.86. The number of aliphatic hydroxyl groups excluding tert-OH is 1. The molecule has 1 aliphatic carbocycles. The van der Waals surface area contributed by atoms with Gasteiger partial charge in [-0.05, 0) is 50.4 Å². The summed E-state index contributed by atoms with van der Waals surface area (Å²) in [7, 11) is 0. The Hall–Kier alpha value is -1.16. The fourth-order valence-corrected chi connectivity index (χ4v) is 4.16. The minimum Gasteiger partial charge on any atom is -0.395 e. The van der Waals surface area contributed by atoms with Crippen molar-refractivity contribution < 1.29 is 9.84 Å². The maximum atomic E-state index is 9.13. The topological polar surface area (TPSA) is 32.7 Å². The first-order chi connectivity index (χ1) is 10.7. The normalized spacial score (nSPS) is 23.6. The van der Waals surface area contributed by atoms with E-state index in [0.29, 0.717) is 6.61 Å². The van der Waals surface area contributed by atoms with Gasteiger partial charge in [-0.3, -0.25) is 0 Å². The molecule has 0 saturated carbocycles. The highest BCUT2D eigenvalue weighted by Gasteiger charge is 2.45. The molecule has 1 aromatic carbocycles. The first kappa shape index (κ1) is 15.7. The number of rotatable bonds is 5. The number of hydrogen-bond acceptors (Lipinski definition) is 3. The van der Waals surface area contributed by atoms with Crippen LogP contribution in [0.25, 0.3) is 0 Å². The first-order valence-electron chi connectivity index (χ1n) is 8.35. The molecule has 120 valence electrons. The van der Waals surface area contributed by atoms with Crippen molar-refractivity contribution in [3.8, 4) is 0 Å². The van der Waals surface area contributed by atoms with Crippen LogP contribution in [0.4, 0.5) is 0 Å². The molecule has 0 radical (unpaired) electrons. The second-order valence-electron chi connectivity index (χ2n) is 6.75. The summed E-state index contributed by atoms with van der Waals surface area (Å²) in [4.78, 5) is 2.37. The molecule has 1 N–H and O–H groups in total. The van der Waals surface area contributed by atoms with Gasteiger partial charge >= 0.3 is 0 Å². The van der Waals surface area contributed by atoms with Crippen molar-refractivity contribution in [2.45, 2.75) is 37.7 Å². The highest BCUT2D eigenvalue weighted by atomic mass is 16.5. The molecule has 1 saturated heterocycles. The fourth-order valence-electron chi connectivity index (χ4n) is 4.16. The molecule has 1 spiro atoms. The fraction of sp³-hybridized carbons (Fsp3) is 0.579. The number of benzene rings is 1. The van der Waals surface area contributed by atoms with E-state index < -0.39 is 0 Å². The van der Waals surface area contributed by atoms with Gasteiger partial charge < -0.3 is 14.7 Å². The van der Waals surface area contributed by atoms with Crippen molar-refractivity contribution in [1.82, 2.24) is 4.90 Å². The van der Waals surface area contributed by atoms with Gasteiger partial charge in [-0.2, -0.15) is 0 Å². The van der Waals surface area contributed by atoms with Gasteiger partial charge in [0.1, 0.15) is 0 Å². The molecule has 0 bridgehead atoms. The maximum Gasteiger partial charge on any atom is 0.0840 e. The molecule has 1 fully saturated rings. The van der Waals surface area contributed by atoms with Gasteiger partial charge in [-0.1, -0.05) is 29.8 Å². The molecule has 3 heteroatoms. The second-order valence-corrected chi connectivity index (χ2v) is 6.75. The standard InChI is InChI=1S/C19H27NO2/c1-3-12-22-18-14-19(6-8-20(9-7-19)10-11-21)17-5-4-15(2)13-16(17)18/h3-5,13,18,21H,1,6-12,14H2,2H3. The third-order valence-corrected chi connectivity index (χ3v) is 5.35.